The Morgan fingerprint density at radius 3 is 2.33 bits per heavy atom. The topological polar surface area (TPSA) is 87.7 Å². The summed E-state index contributed by atoms with van der Waals surface area (Å²) in [4.78, 5) is 11.9. The molecule has 4 N–H and O–H groups in total. The fourth-order valence-corrected chi connectivity index (χ4v) is 1.69. The molecule has 0 atom stereocenters. The number of amides is 1. The number of amidine groups is 1. The molecule has 0 aliphatic rings. The summed E-state index contributed by atoms with van der Waals surface area (Å²) in [7, 11) is 0. The van der Waals surface area contributed by atoms with Gasteiger partial charge in [-0.25, -0.2) is 0 Å². The van der Waals surface area contributed by atoms with Gasteiger partial charge >= 0.3 is 0 Å². The van der Waals surface area contributed by atoms with Gasteiger partial charge in [0.1, 0.15) is 0 Å². The van der Waals surface area contributed by atoms with E-state index >= 15 is 0 Å². The van der Waals surface area contributed by atoms with E-state index in [-0.39, 0.29) is 17.7 Å². The van der Waals surface area contributed by atoms with Gasteiger partial charge < -0.3 is 16.3 Å². The normalized spacial score (nSPS) is 11.6. The average Bonchev–Trinajstić information content (AvgIpc) is 2.40. The molecule has 18 heavy (non-hydrogen) atoms. The monoisotopic (exact) mass is 249 g/mol. The number of oxime groups is 1. The van der Waals surface area contributed by atoms with Crippen LogP contribution in [0.4, 0.5) is 5.69 Å². The van der Waals surface area contributed by atoms with Gasteiger partial charge in [0.15, 0.2) is 5.84 Å². The molecule has 0 aromatic heterocycles. The lowest BCUT2D eigenvalue weighted by atomic mass is 10.0. The van der Waals surface area contributed by atoms with E-state index in [4.69, 9.17) is 10.9 Å². The van der Waals surface area contributed by atoms with Crippen molar-refractivity contribution in [1.29, 1.82) is 0 Å². The van der Waals surface area contributed by atoms with Crippen LogP contribution < -0.4 is 11.1 Å². The van der Waals surface area contributed by atoms with Crippen LogP contribution in [0.1, 0.15) is 32.3 Å². The number of anilines is 1. The number of carbonyl (C=O) groups excluding carboxylic acids is 1. The van der Waals surface area contributed by atoms with Gasteiger partial charge in [-0.05, 0) is 37.1 Å². The standard InChI is InChI=1S/C13H19N3O2/c1-3-9(4-2)13(17)15-11-7-5-10(6-8-11)12(14)16-18/h5-9,18H,3-4H2,1-2H3,(H2,14,16)(H,15,17). The quantitative estimate of drug-likeness (QED) is 0.323. The molecule has 0 bridgehead atoms. The van der Waals surface area contributed by atoms with Crippen molar-refractivity contribution in [3.8, 4) is 0 Å². The molecule has 1 aromatic carbocycles. The number of nitrogens with two attached hydrogens (primary N) is 1. The van der Waals surface area contributed by atoms with Crippen molar-refractivity contribution in [3.63, 3.8) is 0 Å². The number of nitrogens with zero attached hydrogens (tertiary/aromatic N) is 1. The molecule has 0 fully saturated rings. The molecule has 98 valence electrons. The van der Waals surface area contributed by atoms with Crippen molar-refractivity contribution in [3.05, 3.63) is 29.8 Å². The second-order valence-corrected chi connectivity index (χ2v) is 4.07. The minimum atomic E-state index is 0.0246. The maximum Gasteiger partial charge on any atom is 0.227 e. The molecule has 0 aliphatic carbocycles. The third-order valence-electron chi connectivity index (χ3n) is 2.91. The minimum Gasteiger partial charge on any atom is -0.409 e. The molecule has 0 spiro atoms. The number of rotatable bonds is 5. The first-order valence-electron chi connectivity index (χ1n) is 6.01. The molecule has 0 aliphatic heterocycles. The van der Waals surface area contributed by atoms with Gasteiger partial charge in [-0.2, -0.15) is 0 Å². The minimum absolute atomic E-state index is 0.0246. The van der Waals surface area contributed by atoms with Crippen LogP contribution in [-0.4, -0.2) is 17.0 Å². The van der Waals surface area contributed by atoms with Gasteiger partial charge in [0.05, 0.1) is 0 Å². The average molecular weight is 249 g/mol. The Hall–Kier alpha value is -2.04. The smallest absolute Gasteiger partial charge is 0.227 e. The van der Waals surface area contributed by atoms with Gasteiger partial charge in [-0.1, -0.05) is 19.0 Å². The van der Waals surface area contributed by atoms with E-state index in [0.29, 0.717) is 11.3 Å². The molecule has 1 aromatic rings. The summed E-state index contributed by atoms with van der Waals surface area (Å²) in [5, 5.41) is 14.3. The van der Waals surface area contributed by atoms with Crippen molar-refractivity contribution in [1.82, 2.24) is 0 Å². The van der Waals surface area contributed by atoms with E-state index in [0.717, 1.165) is 12.8 Å². The SMILES string of the molecule is CCC(CC)C(=O)Nc1ccc(/C(N)=N/O)cc1. The van der Waals surface area contributed by atoms with Crippen LogP contribution in [0.25, 0.3) is 0 Å². The van der Waals surface area contributed by atoms with Crippen molar-refractivity contribution < 1.29 is 10.0 Å². The highest BCUT2D eigenvalue weighted by Gasteiger charge is 2.13. The Bertz CT molecular complexity index is 422. The molecule has 0 saturated heterocycles. The number of hydrogen-bond acceptors (Lipinski definition) is 3. The summed E-state index contributed by atoms with van der Waals surface area (Å²) in [5.41, 5.74) is 6.77. The lowest BCUT2D eigenvalue weighted by Gasteiger charge is -2.12. The zero-order valence-electron chi connectivity index (χ0n) is 10.7. The van der Waals surface area contributed by atoms with Crippen LogP contribution in [-0.2, 0) is 4.79 Å². The van der Waals surface area contributed by atoms with Gasteiger partial charge in [-0.3, -0.25) is 4.79 Å². The Morgan fingerprint density at radius 1 is 1.33 bits per heavy atom. The number of benzene rings is 1. The third kappa shape index (κ3) is 3.48. The molecule has 1 rings (SSSR count). The number of carbonyl (C=O) groups is 1. The molecule has 1 amide bonds. The molecule has 5 nitrogen and oxygen atoms in total. The molecular weight excluding hydrogens is 230 g/mol. The Kier molecular flexibility index (Phi) is 5.17. The Balaban J connectivity index is 2.72. The largest absolute Gasteiger partial charge is 0.409 e. The zero-order chi connectivity index (χ0) is 13.5. The van der Waals surface area contributed by atoms with Crippen LogP contribution >= 0.6 is 0 Å². The highest BCUT2D eigenvalue weighted by molar-refractivity contribution is 5.98. The Morgan fingerprint density at radius 2 is 1.89 bits per heavy atom. The summed E-state index contributed by atoms with van der Waals surface area (Å²) in [6, 6.07) is 6.84. The summed E-state index contributed by atoms with van der Waals surface area (Å²) >= 11 is 0. The van der Waals surface area contributed by atoms with Crippen LogP contribution in [0.5, 0.6) is 0 Å². The van der Waals surface area contributed by atoms with Gasteiger partial charge in [0.2, 0.25) is 5.91 Å². The summed E-state index contributed by atoms with van der Waals surface area (Å²) < 4.78 is 0. The maximum atomic E-state index is 11.9. The van der Waals surface area contributed by atoms with Crippen molar-refractivity contribution >= 4 is 17.4 Å². The number of nitrogens with one attached hydrogen (secondary N) is 1. The maximum absolute atomic E-state index is 11.9. The fourth-order valence-electron chi connectivity index (χ4n) is 1.69. The molecule has 5 heteroatoms. The van der Waals surface area contributed by atoms with Crippen molar-refractivity contribution in [2.75, 3.05) is 5.32 Å². The van der Waals surface area contributed by atoms with E-state index in [1.807, 2.05) is 13.8 Å². The van der Waals surface area contributed by atoms with Crippen LogP contribution in [0.3, 0.4) is 0 Å². The fraction of sp³-hybridized carbons (Fsp3) is 0.385. The van der Waals surface area contributed by atoms with E-state index in [9.17, 15) is 4.79 Å². The summed E-state index contributed by atoms with van der Waals surface area (Å²) in [5.74, 6) is 0.109. The van der Waals surface area contributed by atoms with Crippen molar-refractivity contribution in [2.45, 2.75) is 26.7 Å². The van der Waals surface area contributed by atoms with E-state index in [2.05, 4.69) is 10.5 Å². The van der Waals surface area contributed by atoms with E-state index in [1.165, 1.54) is 0 Å². The second kappa shape index (κ2) is 6.64. The predicted octanol–water partition coefficient (Wildman–Crippen LogP) is 2.16. The van der Waals surface area contributed by atoms with Crippen LogP contribution in [0, 0.1) is 5.92 Å². The zero-order valence-corrected chi connectivity index (χ0v) is 10.7. The van der Waals surface area contributed by atoms with Crippen LogP contribution in [0.15, 0.2) is 29.4 Å². The highest BCUT2D eigenvalue weighted by Crippen LogP contribution is 2.14. The van der Waals surface area contributed by atoms with Gasteiger partial charge in [-0.15, -0.1) is 0 Å². The van der Waals surface area contributed by atoms with Crippen molar-refractivity contribution in [2.24, 2.45) is 16.8 Å². The molecule has 0 unspecified atom stereocenters. The second-order valence-electron chi connectivity index (χ2n) is 4.07. The molecular formula is C13H19N3O2. The van der Waals surface area contributed by atoms with E-state index in [1.54, 1.807) is 24.3 Å². The van der Waals surface area contributed by atoms with Crippen LogP contribution in [0.2, 0.25) is 0 Å². The molecule has 0 radical (unpaired) electrons. The first-order valence-corrected chi connectivity index (χ1v) is 6.01. The number of hydrogen-bond donors (Lipinski definition) is 3. The lowest BCUT2D eigenvalue weighted by Crippen LogP contribution is -2.21. The lowest BCUT2D eigenvalue weighted by molar-refractivity contribution is -0.120. The predicted molar refractivity (Wildman–Crippen MR) is 71.7 cm³/mol. The van der Waals surface area contributed by atoms with E-state index < -0.39 is 0 Å². The third-order valence-corrected chi connectivity index (χ3v) is 2.91. The van der Waals surface area contributed by atoms with Gasteiger partial charge in [0.25, 0.3) is 0 Å². The first kappa shape index (κ1) is 14.0. The highest BCUT2D eigenvalue weighted by atomic mass is 16.4. The van der Waals surface area contributed by atoms with Gasteiger partial charge in [0, 0.05) is 17.2 Å². The summed E-state index contributed by atoms with van der Waals surface area (Å²) in [6.45, 7) is 3.99. The first-order chi connectivity index (χ1) is 8.62. The molecule has 0 saturated carbocycles. The summed E-state index contributed by atoms with van der Waals surface area (Å²) in [6.07, 6.45) is 1.65. The molecule has 0 heterocycles. The Labute approximate surface area is 107 Å².